The first-order valence-electron chi connectivity index (χ1n) is 11.7. The third kappa shape index (κ3) is 3.43. The second kappa shape index (κ2) is 7.33. The van der Waals surface area contributed by atoms with Gasteiger partial charge in [-0.15, -0.1) is 0 Å². The Morgan fingerprint density at radius 2 is 1.82 bits per heavy atom. The molecule has 1 unspecified atom stereocenters. The fourth-order valence-corrected chi connectivity index (χ4v) is 5.34. The molecule has 6 heterocycles. The second-order valence-corrected chi connectivity index (χ2v) is 10.1. The molecule has 0 bridgehead atoms. The Kier molecular flexibility index (Phi) is 4.61. The van der Waals surface area contributed by atoms with Crippen molar-refractivity contribution in [2.75, 3.05) is 19.7 Å². The Bertz CT molecular complexity index is 1360. The van der Waals surface area contributed by atoms with Crippen LogP contribution in [0.3, 0.4) is 0 Å². The Balaban J connectivity index is 1.28. The van der Waals surface area contributed by atoms with Crippen LogP contribution >= 0.6 is 0 Å². The number of imidazole rings is 2. The summed E-state index contributed by atoms with van der Waals surface area (Å²) >= 11 is 0. The van der Waals surface area contributed by atoms with Crippen molar-refractivity contribution >= 4 is 11.3 Å². The minimum atomic E-state index is -0.328. The van der Waals surface area contributed by atoms with Gasteiger partial charge in [-0.05, 0) is 71.3 Å². The molecule has 0 saturated carbocycles. The standard InChI is InChI=1S/C25H29FN6O/c1-15-9-20(29-32-11-16(2)27-23(15)32)18-10-19(26)24-28-21(13-31(24)12-18)17-5-7-30(8-6-17)22-14-33-25(22,3)4/h9-13,17,22H,5-8,14H2,1-4H3. The predicted octanol–water partition coefficient (Wildman–Crippen LogP) is 4.16. The number of fused-ring (bicyclic) bond motifs is 2. The molecule has 172 valence electrons. The van der Waals surface area contributed by atoms with Gasteiger partial charge in [0.2, 0.25) is 0 Å². The van der Waals surface area contributed by atoms with Crippen LogP contribution in [0.1, 0.15) is 49.6 Å². The summed E-state index contributed by atoms with van der Waals surface area (Å²) in [4.78, 5) is 11.7. The van der Waals surface area contributed by atoms with E-state index >= 15 is 4.39 Å². The molecule has 2 saturated heterocycles. The highest BCUT2D eigenvalue weighted by atomic mass is 19.1. The number of nitrogens with zero attached hydrogens (tertiary/aromatic N) is 6. The number of hydrogen-bond acceptors (Lipinski definition) is 5. The first kappa shape index (κ1) is 20.7. The predicted molar refractivity (Wildman–Crippen MR) is 124 cm³/mol. The number of ether oxygens (including phenoxy) is 1. The molecule has 4 aromatic heterocycles. The molecule has 0 aliphatic carbocycles. The zero-order chi connectivity index (χ0) is 22.9. The van der Waals surface area contributed by atoms with E-state index < -0.39 is 0 Å². The lowest BCUT2D eigenvalue weighted by Crippen LogP contribution is -2.63. The van der Waals surface area contributed by atoms with Crippen LogP contribution < -0.4 is 0 Å². The van der Waals surface area contributed by atoms with Crippen LogP contribution in [0.2, 0.25) is 0 Å². The summed E-state index contributed by atoms with van der Waals surface area (Å²) in [6, 6.07) is 3.99. The van der Waals surface area contributed by atoms with Gasteiger partial charge in [0.25, 0.3) is 0 Å². The molecule has 8 heteroatoms. The van der Waals surface area contributed by atoms with Gasteiger partial charge in [-0.25, -0.2) is 18.9 Å². The number of rotatable bonds is 3. The van der Waals surface area contributed by atoms with E-state index in [0.29, 0.717) is 23.3 Å². The molecular formula is C25H29FN6O. The number of pyridine rings is 1. The van der Waals surface area contributed by atoms with Crippen LogP contribution in [0.25, 0.3) is 22.6 Å². The molecule has 0 spiro atoms. The van der Waals surface area contributed by atoms with Gasteiger partial charge in [-0.3, -0.25) is 4.90 Å². The Hall–Kier alpha value is -2.84. The minimum absolute atomic E-state index is 0.0553. The van der Waals surface area contributed by atoms with E-state index in [9.17, 15) is 0 Å². The van der Waals surface area contributed by atoms with Gasteiger partial charge in [0, 0.05) is 23.9 Å². The topological polar surface area (TPSA) is 60.0 Å². The maximum atomic E-state index is 15.1. The van der Waals surface area contributed by atoms with E-state index in [1.165, 1.54) is 6.07 Å². The number of aromatic nitrogens is 5. The molecule has 7 nitrogen and oxygen atoms in total. The van der Waals surface area contributed by atoms with Crippen LogP contribution in [0.5, 0.6) is 0 Å². The van der Waals surface area contributed by atoms with Gasteiger partial charge < -0.3 is 9.14 Å². The average Bonchev–Trinajstić information content (AvgIpc) is 3.37. The van der Waals surface area contributed by atoms with Gasteiger partial charge in [0.05, 0.1) is 41.5 Å². The van der Waals surface area contributed by atoms with E-state index in [1.807, 2.05) is 42.9 Å². The highest BCUT2D eigenvalue weighted by Crippen LogP contribution is 2.35. The molecule has 33 heavy (non-hydrogen) atoms. The van der Waals surface area contributed by atoms with Crippen molar-refractivity contribution in [1.82, 2.24) is 28.9 Å². The Morgan fingerprint density at radius 1 is 1.03 bits per heavy atom. The summed E-state index contributed by atoms with van der Waals surface area (Å²) in [7, 11) is 0. The van der Waals surface area contributed by atoms with E-state index in [2.05, 4.69) is 33.8 Å². The van der Waals surface area contributed by atoms with Crippen LogP contribution in [0.4, 0.5) is 4.39 Å². The zero-order valence-corrected chi connectivity index (χ0v) is 19.5. The summed E-state index contributed by atoms with van der Waals surface area (Å²) < 4.78 is 24.4. The number of likely N-dealkylation sites (tertiary alicyclic amines) is 1. The first-order chi connectivity index (χ1) is 15.8. The van der Waals surface area contributed by atoms with Gasteiger partial charge in [0.1, 0.15) is 0 Å². The lowest BCUT2D eigenvalue weighted by molar-refractivity contribution is -0.196. The van der Waals surface area contributed by atoms with Crippen LogP contribution in [-0.2, 0) is 4.74 Å². The molecule has 0 aromatic carbocycles. The van der Waals surface area contributed by atoms with Gasteiger partial charge >= 0.3 is 0 Å². The first-order valence-corrected chi connectivity index (χ1v) is 11.7. The number of aryl methyl sites for hydroxylation is 2. The Labute approximate surface area is 192 Å². The molecule has 2 aliphatic rings. The summed E-state index contributed by atoms with van der Waals surface area (Å²) in [5.41, 5.74) is 5.47. The number of halogens is 1. The van der Waals surface area contributed by atoms with Crippen molar-refractivity contribution in [2.45, 2.75) is 58.1 Å². The molecule has 0 amide bonds. The highest BCUT2D eigenvalue weighted by molar-refractivity contribution is 5.64. The molecule has 1 atom stereocenters. The maximum Gasteiger partial charge on any atom is 0.173 e. The molecule has 6 rings (SSSR count). The summed E-state index contributed by atoms with van der Waals surface area (Å²) in [5.74, 6) is 0.0182. The summed E-state index contributed by atoms with van der Waals surface area (Å²) in [6.45, 7) is 11.1. The molecule has 0 N–H and O–H groups in total. The van der Waals surface area contributed by atoms with Crippen molar-refractivity contribution in [1.29, 1.82) is 0 Å². The minimum Gasteiger partial charge on any atom is -0.372 e. The summed E-state index contributed by atoms with van der Waals surface area (Å²) in [5, 5.41) is 4.66. The molecule has 4 aromatic rings. The normalized spacial score (nSPS) is 21.7. The summed E-state index contributed by atoms with van der Waals surface area (Å²) in [6.07, 6.45) is 7.87. The van der Waals surface area contributed by atoms with Gasteiger partial charge in [-0.2, -0.15) is 5.10 Å². The quantitative estimate of drug-likeness (QED) is 0.471. The fraction of sp³-hybridized carbons (Fsp3) is 0.480. The fourth-order valence-electron chi connectivity index (χ4n) is 5.34. The van der Waals surface area contributed by atoms with Crippen molar-refractivity contribution in [2.24, 2.45) is 0 Å². The van der Waals surface area contributed by atoms with Gasteiger partial charge in [0.15, 0.2) is 17.1 Å². The maximum absolute atomic E-state index is 15.1. The van der Waals surface area contributed by atoms with E-state index in [1.54, 1.807) is 4.52 Å². The lowest BCUT2D eigenvalue weighted by atomic mass is 9.87. The van der Waals surface area contributed by atoms with Crippen molar-refractivity contribution < 1.29 is 9.13 Å². The van der Waals surface area contributed by atoms with E-state index in [4.69, 9.17) is 4.74 Å². The third-order valence-corrected chi connectivity index (χ3v) is 7.35. The molecule has 2 aliphatic heterocycles. The zero-order valence-electron chi connectivity index (χ0n) is 19.5. The van der Waals surface area contributed by atoms with Crippen LogP contribution in [-0.4, -0.2) is 60.2 Å². The van der Waals surface area contributed by atoms with E-state index in [-0.39, 0.29) is 11.4 Å². The average molecular weight is 449 g/mol. The van der Waals surface area contributed by atoms with Crippen molar-refractivity contribution in [3.63, 3.8) is 0 Å². The molecule has 2 fully saturated rings. The SMILES string of the molecule is Cc1cn2nc(-c3cc(F)c4nc(C5CCN(C6COC6(C)C)CC5)cn4c3)cc(C)c2n1. The van der Waals surface area contributed by atoms with E-state index in [0.717, 1.165) is 60.7 Å². The number of piperidine rings is 1. The number of hydrogen-bond donors (Lipinski definition) is 0. The van der Waals surface area contributed by atoms with Gasteiger partial charge in [-0.1, -0.05) is 0 Å². The molecular weight excluding hydrogens is 419 g/mol. The lowest BCUT2D eigenvalue weighted by Gasteiger charge is -2.51. The molecule has 0 radical (unpaired) electrons. The van der Waals surface area contributed by atoms with Crippen LogP contribution in [0, 0.1) is 19.7 Å². The Morgan fingerprint density at radius 3 is 2.52 bits per heavy atom. The van der Waals surface area contributed by atoms with Crippen molar-refractivity contribution in [3.8, 4) is 11.3 Å². The second-order valence-electron chi connectivity index (χ2n) is 10.1. The van der Waals surface area contributed by atoms with Crippen LogP contribution in [0.15, 0.2) is 30.7 Å². The largest absolute Gasteiger partial charge is 0.372 e. The third-order valence-electron chi connectivity index (χ3n) is 7.35. The van der Waals surface area contributed by atoms with Crippen molar-refractivity contribution in [3.05, 3.63) is 53.5 Å². The smallest absolute Gasteiger partial charge is 0.173 e. The highest BCUT2D eigenvalue weighted by Gasteiger charge is 2.44. The monoisotopic (exact) mass is 448 g/mol.